The summed E-state index contributed by atoms with van der Waals surface area (Å²) < 4.78 is 7.59. The van der Waals surface area contributed by atoms with E-state index in [0.717, 1.165) is 49.4 Å². The first-order valence-corrected chi connectivity index (χ1v) is 11.0. The topological polar surface area (TPSA) is 73.2 Å². The molecule has 0 unspecified atom stereocenters. The van der Waals surface area contributed by atoms with Crippen LogP contribution in [0.2, 0.25) is 0 Å². The van der Waals surface area contributed by atoms with E-state index >= 15 is 0 Å². The van der Waals surface area contributed by atoms with E-state index in [9.17, 15) is 9.59 Å². The van der Waals surface area contributed by atoms with Crippen molar-refractivity contribution in [3.05, 3.63) is 69.3 Å². The van der Waals surface area contributed by atoms with Gasteiger partial charge in [-0.25, -0.2) is 4.98 Å². The van der Waals surface area contributed by atoms with Crippen molar-refractivity contribution in [3.63, 3.8) is 0 Å². The van der Waals surface area contributed by atoms with Crippen molar-refractivity contribution in [2.75, 3.05) is 13.2 Å². The van der Waals surface area contributed by atoms with Gasteiger partial charge in [-0.15, -0.1) is 0 Å². The van der Waals surface area contributed by atoms with E-state index in [0.29, 0.717) is 29.6 Å². The first-order chi connectivity index (χ1) is 15.0. The summed E-state index contributed by atoms with van der Waals surface area (Å²) in [6.07, 6.45) is 5.16. The Morgan fingerprint density at radius 3 is 2.77 bits per heavy atom. The summed E-state index contributed by atoms with van der Waals surface area (Å²) in [6.45, 7) is 5.55. The molecule has 0 bridgehead atoms. The largest absolute Gasteiger partial charge is 0.491 e. The molecule has 0 spiro atoms. The second kappa shape index (κ2) is 9.33. The van der Waals surface area contributed by atoms with E-state index in [1.54, 1.807) is 18.2 Å². The van der Waals surface area contributed by atoms with Crippen molar-refractivity contribution in [3.8, 4) is 5.75 Å². The molecule has 6 heteroatoms. The predicted octanol–water partition coefficient (Wildman–Crippen LogP) is 3.94. The standard InChI is InChI=1S/C25H29N3O3/c1-17-8-11-22(18(2)15-17)31-14-12-26-24(29)19-9-10-20-21(16-19)27-23-7-5-3-4-6-13-28(23)25(20)30/h8-11,15-16H,3-7,12-14H2,1-2H3,(H,26,29). The fraction of sp³-hybridized carbons (Fsp3) is 0.400. The molecule has 1 aliphatic rings. The summed E-state index contributed by atoms with van der Waals surface area (Å²) in [5.74, 6) is 1.46. The summed E-state index contributed by atoms with van der Waals surface area (Å²) >= 11 is 0. The molecule has 0 saturated carbocycles. The average molecular weight is 420 g/mol. The number of ether oxygens (including phenoxy) is 1. The number of carbonyl (C=O) groups excluding carboxylic acids is 1. The Morgan fingerprint density at radius 1 is 1.10 bits per heavy atom. The Hall–Kier alpha value is -3.15. The molecule has 1 N–H and O–H groups in total. The third-order valence-corrected chi connectivity index (χ3v) is 5.80. The second-order valence-corrected chi connectivity index (χ2v) is 8.25. The number of nitrogens with zero attached hydrogens (tertiary/aromatic N) is 2. The molecule has 2 aromatic carbocycles. The number of benzene rings is 2. The highest BCUT2D eigenvalue weighted by Crippen LogP contribution is 2.19. The quantitative estimate of drug-likeness (QED) is 0.636. The van der Waals surface area contributed by atoms with Crippen LogP contribution in [0, 0.1) is 13.8 Å². The Morgan fingerprint density at radius 2 is 1.94 bits per heavy atom. The maximum Gasteiger partial charge on any atom is 0.261 e. The van der Waals surface area contributed by atoms with Crippen LogP contribution in [-0.4, -0.2) is 28.6 Å². The molecule has 3 aromatic rings. The minimum atomic E-state index is -0.195. The van der Waals surface area contributed by atoms with E-state index in [-0.39, 0.29) is 11.5 Å². The van der Waals surface area contributed by atoms with Gasteiger partial charge >= 0.3 is 0 Å². The summed E-state index contributed by atoms with van der Waals surface area (Å²) in [7, 11) is 0. The first kappa shape index (κ1) is 21.1. The van der Waals surface area contributed by atoms with Crippen molar-refractivity contribution >= 4 is 16.8 Å². The van der Waals surface area contributed by atoms with Crippen LogP contribution < -0.4 is 15.6 Å². The van der Waals surface area contributed by atoms with E-state index < -0.39 is 0 Å². The second-order valence-electron chi connectivity index (χ2n) is 8.25. The van der Waals surface area contributed by atoms with Crippen LogP contribution in [0.3, 0.4) is 0 Å². The van der Waals surface area contributed by atoms with Gasteiger partial charge in [0.1, 0.15) is 18.2 Å². The van der Waals surface area contributed by atoms with Crippen molar-refractivity contribution < 1.29 is 9.53 Å². The number of rotatable bonds is 5. The zero-order valence-electron chi connectivity index (χ0n) is 18.2. The zero-order chi connectivity index (χ0) is 21.8. The molecule has 1 amide bonds. The van der Waals surface area contributed by atoms with Gasteiger partial charge in [-0.05, 0) is 56.5 Å². The minimum absolute atomic E-state index is 0.00396. The van der Waals surface area contributed by atoms with Gasteiger partial charge in [-0.1, -0.05) is 30.5 Å². The number of aromatic nitrogens is 2. The highest BCUT2D eigenvalue weighted by atomic mass is 16.5. The van der Waals surface area contributed by atoms with Gasteiger partial charge in [0.2, 0.25) is 0 Å². The molecule has 6 nitrogen and oxygen atoms in total. The average Bonchev–Trinajstić information content (AvgIpc) is 2.73. The third kappa shape index (κ3) is 4.79. The number of carbonyl (C=O) groups is 1. The van der Waals surface area contributed by atoms with Crippen LogP contribution in [0.15, 0.2) is 41.2 Å². The molecule has 0 radical (unpaired) electrons. The monoisotopic (exact) mass is 419 g/mol. The van der Waals surface area contributed by atoms with E-state index in [1.165, 1.54) is 12.0 Å². The predicted molar refractivity (Wildman–Crippen MR) is 122 cm³/mol. The molecular formula is C25H29N3O3. The lowest BCUT2D eigenvalue weighted by atomic mass is 10.1. The van der Waals surface area contributed by atoms with Gasteiger partial charge in [-0.3, -0.25) is 14.2 Å². The van der Waals surface area contributed by atoms with E-state index in [4.69, 9.17) is 9.72 Å². The molecule has 1 aliphatic heterocycles. The van der Waals surface area contributed by atoms with E-state index in [2.05, 4.69) is 11.4 Å². The minimum Gasteiger partial charge on any atom is -0.491 e. The maximum atomic E-state index is 12.9. The molecule has 0 aliphatic carbocycles. The fourth-order valence-electron chi connectivity index (χ4n) is 4.13. The van der Waals surface area contributed by atoms with Gasteiger partial charge in [0.15, 0.2) is 0 Å². The van der Waals surface area contributed by atoms with Crippen molar-refractivity contribution in [1.29, 1.82) is 0 Å². The van der Waals surface area contributed by atoms with Crippen molar-refractivity contribution in [1.82, 2.24) is 14.9 Å². The van der Waals surface area contributed by atoms with Gasteiger partial charge in [0.05, 0.1) is 17.4 Å². The lowest BCUT2D eigenvalue weighted by molar-refractivity contribution is 0.0947. The van der Waals surface area contributed by atoms with Crippen molar-refractivity contribution in [2.24, 2.45) is 0 Å². The number of fused-ring (bicyclic) bond motifs is 2. The Labute approximate surface area is 182 Å². The van der Waals surface area contributed by atoms with Crippen molar-refractivity contribution in [2.45, 2.75) is 52.5 Å². The number of nitrogens with one attached hydrogen (secondary N) is 1. The molecule has 0 saturated heterocycles. The molecule has 0 fully saturated rings. The molecule has 1 aromatic heterocycles. The summed E-state index contributed by atoms with van der Waals surface area (Å²) in [5, 5.41) is 3.45. The molecule has 2 heterocycles. The number of hydrogen-bond acceptors (Lipinski definition) is 4. The normalized spacial score (nSPS) is 13.9. The zero-order valence-corrected chi connectivity index (χ0v) is 18.2. The van der Waals surface area contributed by atoms with Crippen LogP contribution in [0.25, 0.3) is 10.9 Å². The molecule has 162 valence electrons. The van der Waals surface area contributed by atoms with E-state index in [1.807, 2.05) is 30.5 Å². The summed E-state index contributed by atoms with van der Waals surface area (Å²) in [4.78, 5) is 30.3. The Kier molecular flexibility index (Phi) is 6.35. The van der Waals surface area contributed by atoms with Crippen LogP contribution >= 0.6 is 0 Å². The summed E-state index contributed by atoms with van der Waals surface area (Å²) in [6, 6.07) is 11.2. The number of aryl methyl sites for hydroxylation is 3. The van der Waals surface area contributed by atoms with Gasteiger partial charge in [0.25, 0.3) is 11.5 Å². The molecule has 4 rings (SSSR count). The Balaban J connectivity index is 1.44. The first-order valence-electron chi connectivity index (χ1n) is 11.0. The van der Waals surface area contributed by atoms with Gasteiger partial charge < -0.3 is 10.1 Å². The fourth-order valence-corrected chi connectivity index (χ4v) is 4.13. The highest BCUT2D eigenvalue weighted by Gasteiger charge is 2.15. The van der Waals surface area contributed by atoms with Crippen LogP contribution in [-0.2, 0) is 13.0 Å². The number of amides is 1. The highest BCUT2D eigenvalue weighted by molar-refractivity contribution is 5.97. The molecule has 31 heavy (non-hydrogen) atoms. The van der Waals surface area contributed by atoms with Crippen LogP contribution in [0.4, 0.5) is 0 Å². The lowest BCUT2D eigenvalue weighted by Gasteiger charge is -2.16. The van der Waals surface area contributed by atoms with Crippen LogP contribution in [0.1, 0.15) is 53.0 Å². The third-order valence-electron chi connectivity index (χ3n) is 5.80. The maximum absolute atomic E-state index is 12.9. The molecular weight excluding hydrogens is 390 g/mol. The van der Waals surface area contributed by atoms with Gasteiger partial charge in [-0.2, -0.15) is 0 Å². The van der Waals surface area contributed by atoms with Gasteiger partial charge in [0, 0.05) is 18.5 Å². The molecule has 0 atom stereocenters. The lowest BCUT2D eigenvalue weighted by Crippen LogP contribution is -2.29. The smallest absolute Gasteiger partial charge is 0.261 e. The number of hydrogen-bond donors (Lipinski definition) is 1. The Bertz CT molecular complexity index is 1170. The SMILES string of the molecule is Cc1ccc(OCCNC(=O)c2ccc3c(=O)n4c(nc3c2)CCCCCC4)c(C)c1. The van der Waals surface area contributed by atoms with Crippen LogP contribution in [0.5, 0.6) is 5.75 Å². The summed E-state index contributed by atoms with van der Waals surface area (Å²) in [5.41, 5.74) is 3.36.